The number of aromatic nitrogens is 1. The van der Waals surface area contributed by atoms with Crippen molar-refractivity contribution in [2.24, 2.45) is 0 Å². The van der Waals surface area contributed by atoms with E-state index in [1.165, 1.54) is 103 Å². The molecular weight excluding hydrogens is 709 g/mol. The van der Waals surface area contributed by atoms with Gasteiger partial charge in [-0.1, -0.05) is 158 Å². The predicted molar refractivity (Wildman–Crippen MR) is 239 cm³/mol. The van der Waals surface area contributed by atoms with Crippen molar-refractivity contribution in [3.8, 4) is 16.8 Å². The molecule has 13 rings (SSSR count). The van der Waals surface area contributed by atoms with E-state index in [-0.39, 0.29) is 6.04 Å². The molecule has 57 heavy (non-hydrogen) atoms. The summed E-state index contributed by atoms with van der Waals surface area (Å²) in [5.41, 5.74) is 16.6. The van der Waals surface area contributed by atoms with E-state index in [0.717, 1.165) is 6.42 Å². The Hall–Kier alpha value is -6.68. The van der Waals surface area contributed by atoms with Gasteiger partial charge in [-0.3, -0.25) is 0 Å². The van der Waals surface area contributed by atoms with E-state index in [2.05, 4.69) is 198 Å². The minimum atomic E-state index is -0.519. The lowest BCUT2D eigenvalue weighted by molar-refractivity contribution is 0.685. The highest BCUT2D eigenvalue weighted by Gasteiger charge is 2.51. The molecule has 1 N–H and O–H groups in total. The van der Waals surface area contributed by atoms with E-state index >= 15 is 0 Å². The van der Waals surface area contributed by atoms with E-state index in [1.54, 1.807) is 0 Å². The molecule has 2 nitrogen and oxygen atoms in total. The van der Waals surface area contributed by atoms with Gasteiger partial charge in [-0.15, -0.1) is 11.3 Å². The van der Waals surface area contributed by atoms with Gasteiger partial charge in [0, 0.05) is 42.6 Å². The lowest BCUT2D eigenvalue weighted by Gasteiger charge is -2.40. The Morgan fingerprint density at radius 3 is 2.26 bits per heavy atom. The number of hydrogen-bond acceptors (Lipinski definition) is 2. The lowest BCUT2D eigenvalue weighted by atomic mass is 9.65. The van der Waals surface area contributed by atoms with Gasteiger partial charge in [-0.2, -0.15) is 0 Å². The first kappa shape index (κ1) is 31.5. The average molecular weight is 745 g/mol. The van der Waals surface area contributed by atoms with Gasteiger partial charge in [-0.05, 0) is 86.8 Å². The molecule has 9 aromatic rings. The molecule has 7 aromatic carbocycles. The van der Waals surface area contributed by atoms with Crippen molar-refractivity contribution in [2.45, 2.75) is 23.8 Å². The standard InChI is InChI=1S/C54H36N2S/c1-2-14-33(15-3-1)34-16-12-17-35(30-34)46-23-13-24-47(55-46)36-28-29-38-37-18-4-7-21-42(37)54(44(38)31-36)43-22-8-10-26-49(43)56-48-25-9-5-20-40(48)51-52(56)45(54)32-41-39-19-6-11-27-50(39)57-53(41)51/h1-29,31-32,34,47,55H,30H2. The average Bonchev–Trinajstić information content (AvgIpc) is 3.93. The predicted octanol–water partition coefficient (Wildman–Crippen LogP) is 13.6. The fraction of sp³-hybridized carbons (Fsp3) is 0.0741. The first-order chi connectivity index (χ1) is 28.3. The van der Waals surface area contributed by atoms with Crippen LogP contribution in [0.25, 0.3) is 58.8 Å². The fourth-order valence-corrected chi connectivity index (χ4v) is 12.0. The van der Waals surface area contributed by atoms with Gasteiger partial charge < -0.3 is 9.88 Å². The quantitative estimate of drug-likeness (QED) is 0.191. The van der Waals surface area contributed by atoms with Crippen LogP contribution in [0, 0.1) is 0 Å². The maximum atomic E-state index is 4.00. The van der Waals surface area contributed by atoms with Gasteiger partial charge in [0.2, 0.25) is 0 Å². The summed E-state index contributed by atoms with van der Waals surface area (Å²) in [5.74, 6) is 0.369. The summed E-state index contributed by atoms with van der Waals surface area (Å²) in [5, 5.41) is 9.36. The van der Waals surface area contributed by atoms with Gasteiger partial charge in [0.25, 0.3) is 0 Å². The van der Waals surface area contributed by atoms with Crippen LogP contribution in [0.4, 0.5) is 0 Å². The molecule has 2 aromatic heterocycles. The molecular formula is C54H36N2S. The number of benzene rings is 7. The molecule has 0 radical (unpaired) electrons. The number of allylic oxidation sites excluding steroid dienone is 6. The van der Waals surface area contributed by atoms with Crippen molar-refractivity contribution in [3.05, 3.63) is 233 Å². The summed E-state index contributed by atoms with van der Waals surface area (Å²) >= 11 is 1.93. The molecule has 0 fully saturated rings. The molecule has 2 aliphatic heterocycles. The molecule has 0 saturated carbocycles. The van der Waals surface area contributed by atoms with Gasteiger partial charge in [0.15, 0.2) is 0 Å². The van der Waals surface area contributed by atoms with E-state index in [4.69, 9.17) is 0 Å². The fourth-order valence-electron chi connectivity index (χ4n) is 10.8. The lowest BCUT2D eigenvalue weighted by Crippen LogP contribution is -2.33. The van der Waals surface area contributed by atoms with Crippen LogP contribution in [0.15, 0.2) is 199 Å². The minimum absolute atomic E-state index is 0.0339. The third-order valence-corrected chi connectivity index (χ3v) is 14.4. The first-order valence-electron chi connectivity index (χ1n) is 20.1. The minimum Gasteiger partial charge on any atom is -0.374 e. The molecule has 2 aliphatic carbocycles. The highest BCUT2D eigenvalue weighted by atomic mass is 32.1. The molecule has 4 aliphatic rings. The molecule has 3 unspecified atom stereocenters. The van der Waals surface area contributed by atoms with E-state index in [1.807, 2.05) is 11.3 Å². The molecule has 3 heteroatoms. The maximum Gasteiger partial charge on any atom is 0.0754 e. The molecule has 0 saturated heterocycles. The Morgan fingerprint density at radius 2 is 1.33 bits per heavy atom. The highest BCUT2D eigenvalue weighted by Crippen LogP contribution is 2.62. The number of para-hydroxylation sites is 2. The zero-order chi connectivity index (χ0) is 37.2. The van der Waals surface area contributed by atoms with Crippen molar-refractivity contribution < 1.29 is 0 Å². The molecule has 3 atom stereocenters. The van der Waals surface area contributed by atoms with Crippen LogP contribution in [0.5, 0.6) is 0 Å². The number of thiophene rings is 1. The highest BCUT2D eigenvalue weighted by molar-refractivity contribution is 7.26. The summed E-state index contributed by atoms with van der Waals surface area (Å²) in [4.78, 5) is 0. The van der Waals surface area contributed by atoms with Crippen LogP contribution in [-0.2, 0) is 5.41 Å². The third-order valence-electron chi connectivity index (χ3n) is 13.2. The van der Waals surface area contributed by atoms with Crippen LogP contribution in [0.3, 0.4) is 0 Å². The molecule has 1 spiro atoms. The van der Waals surface area contributed by atoms with Crippen molar-refractivity contribution >= 4 is 53.3 Å². The van der Waals surface area contributed by atoms with E-state index < -0.39 is 5.41 Å². The normalized spacial score (nSPS) is 20.1. The topological polar surface area (TPSA) is 17.0 Å². The summed E-state index contributed by atoms with van der Waals surface area (Å²) < 4.78 is 5.28. The summed E-state index contributed by atoms with van der Waals surface area (Å²) in [6.07, 6.45) is 14.7. The largest absolute Gasteiger partial charge is 0.374 e. The SMILES string of the molecule is C1=CC(c2ccccc2)CC(C2=CC=CC(c3ccc4c(c3)C3(c5ccccc5-4)c4ccccc4-n4c5ccccc5c5c6sc7ccccc7c6cc3c54)N2)=C1. The second kappa shape index (κ2) is 11.7. The van der Waals surface area contributed by atoms with Crippen LogP contribution < -0.4 is 5.32 Å². The zero-order valence-electron chi connectivity index (χ0n) is 31.1. The number of hydrogen-bond donors (Lipinski definition) is 1. The molecule has 4 heterocycles. The van der Waals surface area contributed by atoms with Crippen molar-refractivity contribution in [2.75, 3.05) is 0 Å². The number of rotatable bonds is 3. The second-order valence-corrected chi connectivity index (χ2v) is 17.0. The number of nitrogens with zero attached hydrogens (tertiary/aromatic N) is 1. The molecule has 268 valence electrons. The Kier molecular flexibility index (Phi) is 6.45. The van der Waals surface area contributed by atoms with Gasteiger partial charge in [-0.25, -0.2) is 0 Å². The van der Waals surface area contributed by atoms with E-state index in [9.17, 15) is 0 Å². The zero-order valence-corrected chi connectivity index (χ0v) is 31.9. The number of fused-ring (bicyclic) bond motifs is 16. The smallest absolute Gasteiger partial charge is 0.0754 e. The van der Waals surface area contributed by atoms with Crippen LogP contribution in [0.2, 0.25) is 0 Å². The second-order valence-electron chi connectivity index (χ2n) is 16.0. The van der Waals surface area contributed by atoms with Crippen LogP contribution >= 0.6 is 11.3 Å². The van der Waals surface area contributed by atoms with Crippen molar-refractivity contribution in [1.82, 2.24) is 9.88 Å². The monoisotopic (exact) mass is 744 g/mol. The van der Waals surface area contributed by atoms with Crippen molar-refractivity contribution in [3.63, 3.8) is 0 Å². The van der Waals surface area contributed by atoms with Gasteiger partial charge in [0.1, 0.15) is 0 Å². The first-order valence-corrected chi connectivity index (χ1v) is 20.9. The summed E-state index contributed by atoms with van der Waals surface area (Å²) in [6, 6.07) is 57.2. The molecule has 0 amide bonds. The van der Waals surface area contributed by atoms with Crippen LogP contribution in [-0.4, -0.2) is 4.57 Å². The maximum absolute atomic E-state index is 4.00. The van der Waals surface area contributed by atoms with E-state index in [0.29, 0.717) is 5.92 Å². The van der Waals surface area contributed by atoms with Crippen LogP contribution in [0.1, 0.15) is 51.8 Å². The van der Waals surface area contributed by atoms with Crippen molar-refractivity contribution in [1.29, 1.82) is 0 Å². The Morgan fingerprint density at radius 1 is 0.579 bits per heavy atom. The number of dihydropyridines is 1. The third kappa shape index (κ3) is 4.19. The van der Waals surface area contributed by atoms with Gasteiger partial charge in [0.05, 0.1) is 28.2 Å². The Labute approximate surface area is 335 Å². The Balaban J connectivity index is 1.05. The number of nitrogens with one attached hydrogen (secondary N) is 1. The Bertz CT molecular complexity index is 3310. The summed E-state index contributed by atoms with van der Waals surface area (Å²) in [6.45, 7) is 0. The summed E-state index contributed by atoms with van der Waals surface area (Å²) in [7, 11) is 0. The molecule has 0 bridgehead atoms. The van der Waals surface area contributed by atoms with Gasteiger partial charge >= 0.3 is 0 Å².